The zero-order valence-corrected chi connectivity index (χ0v) is 18.4. The van der Waals surface area contributed by atoms with E-state index in [2.05, 4.69) is 5.32 Å². The average molecular weight is 395 g/mol. The number of hydrogen-bond donors (Lipinski definition) is 1. The van der Waals surface area contributed by atoms with E-state index in [1.807, 2.05) is 83.1 Å². The first-order valence-electron chi connectivity index (χ1n) is 10.6. The summed E-state index contributed by atoms with van der Waals surface area (Å²) < 4.78 is 0. The molecule has 0 unspecified atom stereocenters. The van der Waals surface area contributed by atoms with Crippen molar-refractivity contribution in [2.24, 2.45) is 0 Å². The molecule has 0 heterocycles. The van der Waals surface area contributed by atoms with Gasteiger partial charge < -0.3 is 10.2 Å². The van der Waals surface area contributed by atoms with E-state index >= 15 is 0 Å². The number of carbonyl (C=O) groups excluding carboxylic acids is 2. The highest BCUT2D eigenvalue weighted by atomic mass is 16.2. The Kier molecular flexibility index (Phi) is 8.44. The van der Waals surface area contributed by atoms with Gasteiger partial charge in [0.15, 0.2) is 0 Å². The van der Waals surface area contributed by atoms with Gasteiger partial charge in [0, 0.05) is 12.6 Å². The van der Waals surface area contributed by atoms with Crippen LogP contribution in [0.2, 0.25) is 0 Å². The summed E-state index contributed by atoms with van der Waals surface area (Å²) >= 11 is 0. The monoisotopic (exact) mass is 394 g/mol. The zero-order chi connectivity index (χ0) is 21.4. The van der Waals surface area contributed by atoms with Crippen LogP contribution in [-0.2, 0) is 22.6 Å². The fourth-order valence-electron chi connectivity index (χ4n) is 3.31. The minimum Gasteiger partial charge on any atom is -0.352 e. The highest BCUT2D eigenvalue weighted by molar-refractivity contribution is 5.88. The Morgan fingerprint density at radius 1 is 0.966 bits per heavy atom. The molecule has 2 atom stereocenters. The standard InChI is InChI=1S/C25H34N2O2/c1-6-20(5)26-25(29)23(7-2)27(17-22-11-9-8-10-19(22)4)24(28)16-21-14-12-18(3)13-15-21/h8-15,20,23H,6-7,16-17H2,1-5H3,(H,26,29)/t20-,23+/m0/s1. The molecule has 0 saturated carbocycles. The third-order valence-corrected chi connectivity index (χ3v) is 5.46. The highest BCUT2D eigenvalue weighted by Crippen LogP contribution is 2.17. The molecule has 0 radical (unpaired) electrons. The number of aryl methyl sites for hydroxylation is 2. The molecule has 2 rings (SSSR count). The molecule has 2 aromatic carbocycles. The fraction of sp³-hybridized carbons (Fsp3) is 0.440. The molecule has 0 aliphatic rings. The predicted molar refractivity (Wildman–Crippen MR) is 119 cm³/mol. The fourth-order valence-corrected chi connectivity index (χ4v) is 3.31. The van der Waals surface area contributed by atoms with Gasteiger partial charge in [-0.25, -0.2) is 0 Å². The molecular weight excluding hydrogens is 360 g/mol. The lowest BCUT2D eigenvalue weighted by Gasteiger charge is -2.32. The molecular formula is C25H34N2O2. The second-order valence-corrected chi connectivity index (χ2v) is 7.85. The van der Waals surface area contributed by atoms with Crippen LogP contribution in [0.3, 0.4) is 0 Å². The maximum Gasteiger partial charge on any atom is 0.243 e. The van der Waals surface area contributed by atoms with Crippen LogP contribution >= 0.6 is 0 Å². The molecule has 0 aliphatic carbocycles. The molecule has 4 heteroatoms. The summed E-state index contributed by atoms with van der Waals surface area (Å²) in [7, 11) is 0. The summed E-state index contributed by atoms with van der Waals surface area (Å²) in [5.74, 6) is -0.101. The highest BCUT2D eigenvalue weighted by Gasteiger charge is 2.29. The number of nitrogens with one attached hydrogen (secondary N) is 1. The number of hydrogen-bond acceptors (Lipinski definition) is 2. The molecule has 156 valence electrons. The van der Waals surface area contributed by atoms with Gasteiger partial charge in [0.05, 0.1) is 6.42 Å². The van der Waals surface area contributed by atoms with E-state index in [-0.39, 0.29) is 17.9 Å². The summed E-state index contributed by atoms with van der Waals surface area (Å²) in [5, 5.41) is 3.05. The molecule has 2 aromatic rings. The maximum absolute atomic E-state index is 13.3. The maximum atomic E-state index is 13.3. The first kappa shape index (κ1) is 22.7. The number of carbonyl (C=O) groups is 2. The van der Waals surface area contributed by atoms with Crippen LogP contribution in [0.1, 0.15) is 55.9 Å². The van der Waals surface area contributed by atoms with E-state index in [0.717, 1.165) is 28.7 Å². The molecule has 4 nitrogen and oxygen atoms in total. The topological polar surface area (TPSA) is 49.4 Å². The third-order valence-electron chi connectivity index (χ3n) is 5.46. The molecule has 0 saturated heterocycles. The van der Waals surface area contributed by atoms with Crippen molar-refractivity contribution in [3.63, 3.8) is 0 Å². The Hall–Kier alpha value is -2.62. The van der Waals surface area contributed by atoms with E-state index < -0.39 is 6.04 Å². The van der Waals surface area contributed by atoms with Crippen molar-refractivity contribution in [2.45, 2.75) is 72.5 Å². The van der Waals surface area contributed by atoms with Crippen LogP contribution in [0.4, 0.5) is 0 Å². The van der Waals surface area contributed by atoms with Crippen molar-refractivity contribution in [1.29, 1.82) is 0 Å². The van der Waals surface area contributed by atoms with E-state index in [1.54, 1.807) is 4.90 Å². The SMILES string of the molecule is CC[C@H](C(=O)N[C@@H](C)CC)N(Cc1ccccc1C)C(=O)Cc1ccc(C)cc1. The Morgan fingerprint density at radius 3 is 2.21 bits per heavy atom. The van der Waals surface area contributed by atoms with Crippen molar-refractivity contribution in [1.82, 2.24) is 10.2 Å². The Labute approximate surface area is 175 Å². The van der Waals surface area contributed by atoms with Crippen molar-refractivity contribution >= 4 is 11.8 Å². The summed E-state index contributed by atoms with van der Waals surface area (Å²) in [5.41, 5.74) is 4.32. The zero-order valence-electron chi connectivity index (χ0n) is 18.4. The van der Waals surface area contributed by atoms with Gasteiger partial charge in [-0.1, -0.05) is 67.9 Å². The van der Waals surface area contributed by atoms with Crippen molar-refractivity contribution in [2.75, 3.05) is 0 Å². The van der Waals surface area contributed by atoms with Gasteiger partial charge >= 0.3 is 0 Å². The Morgan fingerprint density at radius 2 is 1.62 bits per heavy atom. The molecule has 2 amide bonds. The van der Waals surface area contributed by atoms with Gasteiger partial charge in [-0.3, -0.25) is 9.59 Å². The van der Waals surface area contributed by atoms with Gasteiger partial charge in [0.2, 0.25) is 11.8 Å². The minimum atomic E-state index is -0.485. The smallest absolute Gasteiger partial charge is 0.243 e. The number of nitrogens with zero attached hydrogens (tertiary/aromatic N) is 1. The van der Waals surface area contributed by atoms with Crippen molar-refractivity contribution in [3.05, 3.63) is 70.8 Å². The molecule has 0 fully saturated rings. The van der Waals surface area contributed by atoms with Gasteiger partial charge in [-0.15, -0.1) is 0 Å². The number of rotatable bonds is 9. The normalized spacial score (nSPS) is 12.9. The summed E-state index contributed by atoms with van der Waals surface area (Å²) in [6, 6.07) is 15.6. The number of benzene rings is 2. The van der Waals surface area contributed by atoms with Crippen LogP contribution in [-0.4, -0.2) is 28.8 Å². The quantitative estimate of drug-likeness (QED) is 0.677. The molecule has 29 heavy (non-hydrogen) atoms. The largest absolute Gasteiger partial charge is 0.352 e. The lowest BCUT2D eigenvalue weighted by Crippen LogP contribution is -2.51. The van der Waals surface area contributed by atoms with Crippen LogP contribution < -0.4 is 5.32 Å². The summed E-state index contributed by atoms with van der Waals surface area (Å²) in [6.07, 6.45) is 1.73. The first-order valence-corrected chi connectivity index (χ1v) is 10.6. The summed E-state index contributed by atoms with van der Waals surface area (Å²) in [4.78, 5) is 28.0. The lowest BCUT2D eigenvalue weighted by molar-refractivity contribution is -0.141. The van der Waals surface area contributed by atoms with Crippen LogP contribution in [0.25, 0.3) is 0 Å². The van der Waals surface area contributed by atoms with Gasteiger partial charge in [-0.2, -0.15) is 0 Å². The number of amides is 2. The summed E-state index contributed by atoms with van der Waals surface area (Å²) in [6.45, 7) is 10.5. The first-order chi connectivity index (χ1) is 13.8. The Bertz CT molecular complexity index is 814. The van der Waals surface area contributed by atoms with Crippen molar-refractivity contribution in [3.8, 4) is 0 Å². The van der Waals surface area contributed by atoms with E-state index in [4.69, 9.17) is 0 Å². The molecule has 0 aromatic heterocycles. The second-order valence-electron chi connectivity index (χ2n) is 7.85. The molecule has 0 spiro atoms. The van der Waals surface area contributed by atoms with Crippen LogP contribution in [0, 0.1) is 13.8 Å². The third kappa shape index (κ3) is 6.45. The van der Waals surface area contributed by atoms with E-state index in [1.165, 1.54) is 0 Å². The predicted octanol–water partition coefficient (Wildman–Crippen LogP) is 4.57. The van der Waals surface area contributed by atoms with Crippen LogP contribution in [0.15, 0.2) is 48.5 Å². The van der Waals surface area contributed by atoms with Gasteiger partial charge in [-0.05, 0) is 50.3 Å². The van der Waals surface area contributed by atoms with Crippen LogP contribution in [0.5, 0.6) is 0 Å². The second kappa shape index (κ2) is 10.8. The van der Waals surface area contributed by atoms with Gasteiger partial charge in [0.1, 0.15) is 6.04 Å². The molecule has 0 bridgehead atoms. The minimum absolute atomic E-state index is 0.0248. The molecule has 1 N–H and O–H groups in total. The molecule has 0 aliphatic heterocycles. The van der Waals surface area contributed by atoms with Gasteiger partial charge in [0.25, 0.3) is 0 Å². The van der Waals surface area contributed by atoms with E-state index in [0.29, 0.717) is 19.4 Å². The Balaban J connectivity index is 2.30. The lowest BCUT2D eigenvalue weighted by atomic mass is 10.0. The van der Waals surface area contributed by atoms with Crippen molar-refractivity contribution < 1.29 is 9.59 Å². The average Bonchev–Trinajstić information content (AvgIpc) is 2.70. The van der Waals surface area contributed by atoms with E-state index in [9.17, 15) is 9.59 Å².